The molecule has 28 heavy (non-hydrogen) atoms. The second kappa shape index (κ2) is 8.48. The summed E-state index contributed by atoms with van der Waals surface area (Å²) in [7, 11) is 0. The van der Waals surface area contributed by atoms with Crippen molar-refractivity contribution in [3.05, 3.63) is 67.0 Å². The van der Waals surface area contributed by atoms with Crippen molar-refractivity contribution in [3.63, 3.8) is 0 Å². The topological polar surface area (TPSA) is 54.3 Å². The number of piperazine rings is 1. The average Bonchev–Trinajstić information content (AvgIpc) is 3.22. The summed E-state index contributed by atoms with van der Waals surface area (Å²) in [4.78, 5) is 17.2. The fourth-order valence-corrected chi connectivity index (χ4v) is 4.29. The van der Waals surface area contributed by atoms with Crippen LogP contribution in [0.3, 0.4) is 0 Å². The van der Waals surface area contributed by atoms with Gasteiger partial charge in [0.25, 0.3) is 0 Å². The van der Waals surface area contributed by atoms with Crippen LogP contribution in [0.1, 0.15) is 6.92 Å². The van der Waals surface area contributed by atoms with Gasteiger partial charge in [-0.15, -0.1) is 10.2 Å². The summed E-state index contributed by atoms with van der Waals surface area (Å²) < 4.78 is 1.92. The smallest absolute Gasteiger partial charge is 0.236 e. The van der Waals surface area contributed by atoms with Gasteiger partial charge in [-0.25, -0.2) is 0 Å². The van der Waals surface area contributed by atoms with Gasteiger partial charge in [-0.05, 0) is 31.2 Å². The van der Waals surface area contributed by atoms with Crippen LogP contribution < -0.4 is 4.90 Å². The predicted molar refractivity (Wildman–Crippen MR) is 112 cm³/mol. The van der Waals surface area contributed by atoms with Crippen molar-refractivity contribution in [2.45, 2.75) is 17.3 Å². The average molecular weight is 394 g/mol. The number of amides is 1. The number of para-hydroxylation sites is 2. The molecule has 7 heteroatoms. The molecule has 0 radical (unpaired) electrons. The lowest BCUT2D eigenvalue weighted by molar-refractivity contribution is -0.130. The molecule has 1 aliphatic heterocycles. The van der Waals surface area contributed by atoms with E-state index >= 15 is 0 Å². The number of hydrogen-bond donors (Lipinski definition) is 0. The van der Waals surface area contributed by atoms with Crippen molar-refractivity contribution in [2.75, 3.05) is 31.1 Å². The third-order valence-corrected chi connectivity index (χ3v) is 5.94. The van der Waals surface area contributed by atoms with E-state index in [0.717, 1.165) is 37.0 Å². The van der Waals surface area contributed by atoms with Gasteiger partial charge in [0.1, 0.15) is 6.33 Å². The highest BCUT2D eigenvalue weighted by molar-refractivity contribution is 8.00. The quantitative estimate of drug-likeness (QED) is 0.624. The Morgan fingerprint density at radius 3 is 2.18 bits per heavy atom. The van der Waals surface area contributed by atoms with Crippen LogP contribution in [-0.2, 0) is 4.79 Å². The van der Waals surface area contributed by atoms with Crippen LogP contribution in [0.2, 0.25) is 0 Å². The summed E-state index contributed by atoms with van der Waals surface area (Å²) in [5, 5.41) is 8.75. The minimum atomic E-state index is -0.213. The van der Waals surface area contributed by atoms with E-state index in [0.29, 0.717) is 0 Å². The Labute approximate surface area is 169 Å². The van der Waals surface area contributed by atoms with E-state index in [1.54, 1.807) is 6.33 Å². The van der Waals surface area contributed by atoms with Crippen molar-refractivity contribution in [3.8, 4) is 5.69 Å². The van der Waals surface area contributed by atoms with Crippen molar-refractivity contribution in [1.29, 1.82) is 0 Å². The number of aromatic nitrogens is 3. The number of benzene rings is 2. The fraction of sp³-hybridized carbons (Fsp3) is 0.286. The molecule has 1 aliphatic rings. The standard InChI is InChI=1S/C21H23N5OS/c1-17(28-21-23-22-16-26(21)19-10-6-3-7-11-19)20(27)25-14-12-24(13-15-25)18-8-4-2-5-9-18/h2-11,16-17H,12-15H2,1H3. The van der Waals surface area contributed by atoms with E-state index in [9.17, 15) is 4.79 Å². The lowest BCUT2D eigenvalue weighted by Gasteiger charge is -2.37. The zero-order valence-corrected chi connectivity index (χ0v) is 16.6. The molecule has 1 saturated heterocycles. The molecule has 2 heterocycles. The number of nitrogens with zero attached hydrogens (tertiary/aromatic N) is 5. The fourth-order valence-electron chi connectivity index (χ4n) is 3.36. The van der Waals surface area contributed by atoms with Crippen LogP contribution in [-0.4, -0.2) is 57.0 Å². The maximum Gasteiger partial charge on any atom is 0.236 e. The molecule has 1 atom stereocenters. The van der Waals surface area contributed by atoms with Gasteiger partial charge in [-0.2, -0.15) is 0 Å². The molecule has 0 N–H and O–H groups in total. The third-order valence-electron chi connectivity index (χ3n) is 4.89. The van der Waals surface area contributed by atoms with Crippen LogP contribution in [0.4, 0.5) is 5.69 Å². The summed E-state index contributed by atoms with van der Waals surface area (Å²) in [5.41, 5.74) is 2.21. The summed E-state index contributed by atoms with van der Waals surface area (Å²) in [6.07, 6.45) is 1.69. The first-order chi connectivity index (χ1) is 13.7. The zero-order chi connectivity index (χ0) is 19.3. The molecule has 1 unspecified atom stereocenters. The second-order valence-electron chi connectivity index (χ2n) is 6.73. The Kier molecular flexibility index (Phi) is 5.62. The van der Waals surface area contributed by atoms with Crippen LogP contribution in [0, 0.1) is 0 Å². The Hall–Kier alpha value is -2.80. The van der Waals surface area contributed by atoms with Crippen LogP contribution >= 0.6 is 11.8 Å². The van der Waals surface area contributed by atoms with E-state index in [-0.39, 0.29) is 11.2 Å². The first-order valence-corrected chi connectivity index (χ1v) is 10.3. The number of hydrogen-bond acceptors (Lipinski definition) is 5. The van der Waals surface area contributed by atoms with Gasteiger partial charge in [0.15, 0.2) is 5.16 Å². The lowest BCUT2D eigenvalue weighted by atomic mass is 10.2. The number of carbonyl (C=O) groups is 1. The molecule has 0 aliphatic carbocycles. The van der Waals surface area contributed by atoms with Gasteiger partial charge in [0.2, 0.25) is 5.91 Å². The van der Waals surface area contributed by atoms with Crippen molar-refractivity contribution >= 4 is 23.4 Å². The summed E-state index contributed by atoms with van der Waals surface area (Å²) in [6.45, 7) is 5.13. The van der Waals surface area contributed by atoms with E-state index in [1.807, 2.05) is 52.8 Å². The first kappa shape index (κ1) is 18.6. The highest BCUT2D eigenvalue weighted by atomic mass is 32.2. The highest BCUT2D eigenvalue weighted by Crippen LogP contribution is 2.25. The summed E-state index contributed by atoms with van der Waals surface area (Å²) >= 11 is 1.46. The predicted octanol–water partition coefficient (Wildman–Crippen LogP) is 3.10. The van der Waals surface area contributed by atoms with Gasteiger partial charge in [-0.3, -0.25) is 9.36 Å². The minimum absolute atomic E-state index is 0.153. The number of rotatable bonds is 5. The van der Waals surface area contributed by atoms with Gasteiger partial charge in [-0.1, -0.05) is 48.2 Å². The molecular weight excluding hydrogens is 370 g/mol. The number of anilines is 1. The molecule has 0 saturated carbocycles. The van der Waals surface area contributed by atoms with Crippen molar-refractivity contribution in [1.82, 2.24) is 19.7 Å². The van der Waals surface area contributed by atoms with E-state index in [2.05, 4.69) is 39.4 Å². The third kappa shape index (κ3) is 4.04. The maximum absolute atomic E-state index is 12.9. The second-order valence-corrected chi connectivity index (χ2v) is 8.03. The molecule has 1 fully saturated rings. The maximum atomic E-state index is 12.9. The lowest BCUT2D eigenvalue weighted by Crippen LogP contribution is -2.50. The van der Waals surface area contributed by atoms with E-state index < -0.39 is 0 Å². The summed E-state index contributed by atoms with van der Waals surface area (Å²) in [6, 6.07) is 20.3. The first-order valence-electron chi connectivity index (χ1n) is 9.43. The molecule has 6 nitrogen and oxygen atoms in total. The normalized spacial score (nSPS) is 15.5. The Balaban J connectivity index is 1.37. The van der Waals surface area contributed by atoms with Gasteiger partial charge in [0, 0.05) is 37.6 Å². The van der Waals surface area contributed by atoms with Gasteiger partial charge >= 0.3 is 0 Å². The molecule has 144 valence electrons. The van der Waals surface area contributed by atoms with Crippen molar-refractivity contribution < 1.29 is 4.79 Å². The van der Waals surface area contributed by atoms with E-state index in [4.69, 9.17) is 0 Å². The molecule has 2 aromatic carbocycles. The minimum Gasteiger partial charge on any atom is -0.368 e. The molecule has 1 aromatic heterocycles. The Morgan fingerprint density at radius 1 is 0.929 bits per heavy atom. The number of thioether (sulfide) groups is 1. The SMILES string of the molecule is CC(Sc1nncn1-c1ccccc1)C(=O)N1CCN(c2ccccc2)CC1. The Bertz CT molecular complexity index is 907. The largest absolute Gasteiger partial charge is 0.368 e. The molecule has 0 bridgehead atoms. The van der Waals surface area contributed by atoms with Crippen LogP contribution in [0.25, 0.3) is 5.69 Å². The molecular formula is C21H23N5OS. The Morgan fingerprint density at radius 2 is 1.54 bits per heavy atom. The highest BCUT2D eigenvalue weighted by Gasteiger charge is 2.27. The number of carbonyl (C=O) groups excluding carboxylic acids is 1. The zero-order valence-electron chi connectivity index (χ0n) is 15.8. The van der Waals surface area contributed by atoms with Crippen LogP contribution in [0.15, 0.2) is 72.1 Å². The van der Waals surface area contributed by atoms with Crippen LogP contribution in [0.5, 0.6) is 0 Å². The van der Waals surface area contributed by atoms with Crippen molar-refractivity contribution in [2.24, 2.45) is 0 Å². The van der Waals surface area contributed by atoms with Gasteiger partial charge < -0.3 is 9.80 Å². The summed E-state index contributed by atoms with van der Waals surface area (Å²) in [5.74, 6) is 0.153. The molecule has 4 rings (SSSR count). The molecule has 3 aromatic rings. The molecule has 1 amide bonds. The van der Waals surface area contributed by atoms with Gasteiger partial charge in [0.05, 0.1) is 5.25 Å². The van der Waals surface area contributed by atoms with E-state index in [1.165, 1.54) is 17.4 Å². The monoisotopic (exact) mass is 393 g/mol. The molecule has 0 spiro atoms.